The molecule has 1 aromatic carbocycles. The Morgan fingerprint density at radius 2 is 1.92 bits per heavy atom. The Labute approximate surface area is 78.2 Å². The zero-order valence-electron chi connectivity index (χ0n) is 7.08. The van der Waals surface area contributed by atoms with Crippen LogP contribution < -0.4 is 0 Å². The molecule has 1 rings (SSSR count). The summed E-state index contributed by atoms with van der Waals surface area (Å²) in [5.74, 6) is 0.214. The first-order valence-electron chi connectivity index (χ1n) is 4.06. The highest BCUT2D eigenvalue weighted by atomic mass is 32.1. The summed E-state index contributed by atoms with van der Waals surface area (Å²) in [5, 5.41) is 0. The second-order valence-corrected chi connectivity index (χ2v) is 3.24. The minimum absolute atomic E-state index is 0.214. The predicted molar refractivity (Wildman–Crippen MR) is 52.9 cm³/mol. The topological polar surface area (TPSA) is 17.1 Å². The first-order valence-corrected chi connectivity index (χ1v) is 4.51. The average Bonchev–Trinajstić information content (AvgIpc) is 2.06. The molecule has 0 unspecified atom stereocenters. The first-order chi connectivity index (χ1) is 5.74. The van der Waals surface area contributed by atoms with Crippen molar-refractivity contribution in [2.24, 2.45) is 0 Å². The van der Waals surface area contributed by atoms with Crippen molar-refractivity contribution in [3.05, 3.63) is 29.8 Å². The number of benzene rings is 1. The van der Waals surface area contributed by atoms with Gasteiger partial charge in [-0.3, -0.25) is 4.79 Å². The molecule has 0 atom stereocenters. The number of rotatable bonds is 3. The van der Waals surface area contributed by atoms with E-state index in [0.29, 0.717) is 6.42 Å². The molecule has 0 aliphatic carbocycles. The fourth-order valence-corrected chi connectivity index (χ4v) is 1.17. The SMILES string of the molecule is CCCC(=O)c1ccc(S)cc1. The van der Waals surface area contributed by atoms with Gasteiger partial charge in [-0.25, -0.2) is 0 Å². The summed E-state index contributed by atoms with van der Waals surface area (Å²) in [6, 6.07) is 7.32. The third kappa shape index (κ3) is 2.38. The van der Waals surface area contributed by atoms with Crippen LogP contribution in [0.25, 0.3) is 0 Å². The van der Waals surface area contributed by atoms with Gasteiger partial charge in [-0.05, 0) is 18.6 Å². The molecule has 0 aliphatic heterocycles. The normalized spacial score (nSPS) is 9.83. The molecule has 0 N–H and O–H groups in total. The van der Waals surface area contributed by atoms with E-state index in [1.54, 1.807) is 0 Å². The Morgan fingerprint density at radius 3 is 2.42 bits per heavy atom. The van der Waals surface area contributed by atoms with Gasteiger partial charge in [-0.15, -0.1) is 12.6 Å². The molecular weight excluding hydrogens is 168 g/mol. The maximum absolute atomic E-state index is 11.3. The monoisotopic (exact) mass is 180 g/mol. The maximum Gasteiger partial charge on any atom is 0.162 e. The van der Waals surface area contributed by atoms with Crippen LogP contribution in [-0.4, -0.2) is 5.78 Å². The quantitative estimate of drug-likeness (QED) is 0.559. The Balaban J connectivity index is 2.75. The molecule has 0 bridgehead atoms. The zero-order valence-corrected chi connectivity index (χ0v) is 7.97. The molecule has 2 heteroatoms. The van der Waals surface area contributed by atoms with Crippen LogP contribution in [-0.2, 0) is 0 Å². The van der Waals surface area contributed by atoms with Crippen molar-refractivity contribution < 1.29 is 4.79 Å². The average molecular weight is 180 g/mol. The van der Waals surface area contributed by atoms with Crippen LogP contribution in [0.2, 0.25) is 0 Å². The van der Waals surface area contributed by atoms with Crippen LogP contribution in [0.1, 0.15) is 30.1 Å². The third-order valence-corrected chi connectivity index (χ3v) is 1.96. The Morgan fingerprint density at radius 1 is 1.33 bits per heavy atom. The third-order valence-electron chi connectivity index (χ3n) is 1.67. The summed E-state index contributed by atoms with van der Waals surface area (Å²) in [6.07, 6.45) is 1.54. The lowest BCUT2D eigenvalue weighted by Gasteiger charge is -1.98. The number of hydrogen-bond donors (Lipinski definition) is 1. The van der Waals surface area contributed by atoms with Gasteiger partial charge in [0.1, 0.15) is 0 Å². The lowest BCUT2D eigenvalue weighted by molar-refractivity contribution is 0.0981. The van der Waals surface area contributed by atoms with Gasteiger partial charge < -0.3 is 0 Å². The van der Waals surface area contributed by atoms with E-state index in [1.165, 1.54) is 0 Å². The van der Waals surface area contributed by atoms with E-state index in [0.717, 1.165) is 16.9 Å². The van der Waals surface area contributed by atoms with Gasteiger partial charge in [-0.2, -0.15) is 0 Å². The lowest BCUT2D eigenvalue weighted by Crippen LogP contribution is -1.96. The molecule has 0 aromatic heterocycles. The van der Waals surface area contributed by atoms with Crippen LogP contribution in [0.15, 0.2) is 29.2 Å². The smallest absolute Gasteiger partial charge is 0.162 e. The van der Waals surface area contributed by atoms with Crippen molar-refractivity contribution in [3.63, 3.8) is 0 Å². The second-order valence-electron chi connectivity index (χ2n) is 2.72. The van der Waals surface area contributed by atoms with Gasteiger partial charge in [0, 0.05) is 16.9 Å². The van der Waals surface area contributed by atoms with E-state index in [-0.39, 0.29) is 5.78 Å². The van der Waals surface area contributed by atoms with Gasteiger partial charge in [0.2, 0.25) is 0 Å². The van der Waals surface area contributed by atoms with E-state index in [2.05, 4.69) is 12.6 Å². The highest BCUT2D eigenvalue weighted by Crippen LogP contribution is 2.10. The van der Waals surface area contributed by atoms with Gasteiger partial charge >= 0.3 is 0 Å². The molecule has 0 saturated heterocycles. The van der Waals surface area contributed by atoms with E-state index in [1.807, 2.05) is 31.2 Å². The highest BCUT2D eigenvalue weighted by molar-refractivity contribution is 7.80. The van der Waals surface area contributed by atoms with Crippen molar-refractivity contribution >= 4 is 18.4 Å². The first kappa shape index (κ1) is 9.33. The Bertz CT molecular complexity index is 264. The predicted octanol–water partition coefficient (Wildman–Crippen LogP) is 2.96. The molecule has 0 heterocycles. The van der Waals surface area contributed by atoms with E-state index >= 15 is 0 Å². The second kappa shape index (κ2) is 4.31. The molecule has 0 saturated carbocycles. The number of carbonyl (C=O) groups is 1. The fraction of sp³-hybridized carbons (Fsp3) is 0.300. The van der Waals surface area contributed by atoms with Crippen LogP contribution in [0.3, 0.4) is 0 Å². The van der Waals surface area contributed by atoms with E-state index in [9.17, 15) is 4.79 Å². The van der Waals surface area contributed by atoms with Crippen molar-refractivity contribution in [2.75, 3.05) is 0 Å². The Kier molecular flexibility index (Phi) is 3.35. The highest BCUT2D eigenvalue weighted by Gasteiger charge is 2.02. The fourth-order valence-electron chi connectivity index (χ4n) is 1.02. The summed E-state index contributed by atoms with van der Waals surface area (Å²) in [6.45, 7) is 2.00. The Hall–Kier alpha value is -0.760. The molecule has 1 aromatic rings. The van der Waals surface area contributed by atoms with Crippen molar-refractivity contribution in [1.29, 1.82) is 0 Å². The zero-order chi connectivity index (χ0) is 8.97. The van der Waals surface area contributed by atoms with Crippen LogP contribution in [0.5, 0.6) is 0 Å². The van der Waals surface area contributed by atoms with Crippen molar-refractivity contribution in [3.8, 4) is 0 Å². The lowest BCUT2D eigenvalue weighted by atomic mass is 10.1. The maximum atomic E-state index is 11.3. The summed E-state index contributed by atoms with van der Waals surface area (Å²) < 4.78 is 0. The van der Waals surface area contributed by atoms with Gasteiger partial charge in [0.05, 0.1) is 0 Å². The van der Waals surface area contributed by atoms with E-state index in [4.69, 9.17) is 0 Å². The van der Waals surface area contributed by atoms with Gasteiger partial charge in [-0.1, -0.05) is 19.1 Å². The van der Waals surface area contributed by atoms with Crippen LogP contribution in [0.4, 0.5) is 0 Å². The number of carbonyl (C=O) groups excluding carboxylic acids is 1. The molecular formula is C10H12OS. The molecule has 64 valence electrons. The molecule has 0 aliphatic rings. The van der Waals surface area contributed by atoms with Gasteiger partial charge in [0.15, 0.2) is 5.78 Å². The molecule has 0 spiro atoms. The number of thiol groups is 1. The standard InChI is InChI=1S/C10H12OS/c1-2-3-10(11)8-4-6-9(12)7-5-8/h4-7,12H,2-3H2,1H3. The summed E-state index contributed by atoms with van der Waals surface area (Å²) in [4.78, 5) is 12.2. The number of ketones is 1. The minimum Gasteiger partial charge on any atom is -0.294 e. The van der Waals surface area contributed by atoms with Crippen LogP contribution >= 0.6 is 12.6 Å². The van der Waals surface area contributed by atoms with E-state index < -0.39 is 0 Å². The molecule has 0 amide bonds. The molecule has 0 fully saturated rings. The summed E-state index contributed by atoms with van der Waals surface area (Å²) >= 11 is 4.14. The van der Waals surface area contributed by atoms with Crippen molar-refractivity contribution in [2.45, 2.75) is 24.7 Å². The molecule has 0 radical (unpaired) electrons. The van der Waals surface area contributed by atoms with Gasteiger partial charge in [0.25, 0.3) is 0 Å². The minimum atomic E-state index is 0.214. The number of hydrogen-bond acceptors (Lipinski definition) is 2. The van der Waals surface area contributed by atoms with Crippen LogP contribution in [0, 0.1) is 0 Å². The summed E-state index contributed by atoms with van der Waals surface area (Å²) in [5.41, 5.74) is 0.787. The molecule has 1 nitrogen and oxygen atoms in total. The molecule has 12 heavy (non-hydrogen) atoms. The number of Topliss-reactive ketones (excluding diaryl/α,β-unsaturated/α-hetero) is 1. The summed E-state index contributed by atoms with van der Waals surface area (Å²) in [7, 11) is 0. The van der Waals surface area contributed by atoms with Crippen molar-refractivity contribution in [1.82, 2.24) is 0 Å². The largest absolute Gasteiger partial charge is 0.294 e.